The van der Waals surface area contributed by atoms with Crippen molar-refractivity contribution in [2.75, 3.05) is 7.11 Å². The van der Waals surface area contributed by atoms with E-state index < -0.39 is 0 Å². The molecule has 3 nitrogen and oxygen atoms in total. The average molecular weight is 290 g/mol. The van der Waals surface area contributed by atoms with E-state index in [-0.39, 0.29) is 18.3 Å². The van der Waals surface area contributed by atoms with Crippen LogP contribution in [0.5, 0.6) is 5.75 Å². The molecule has 2 aromatic rings. The summed E-state index contributed by atoms with van der Waals surface area (Å²) in [7, 11) is 1.33. The third-order valence-corrected chi connectivity index (χ3v) is 5.18. The van der Waals surface area contributed by atoms with Crippen LogP contribution >= 0.6 is 11.3 Å². The van der Waals surface area contributed by atoms with E-state index in [0.717, 1.165) is 11.2 Å². The maximum atomic E-state index is 6.15. The minimum Gasteiger partial charge on any atom is -0.497 e. The summed E-state index contributed by atoms with van der Waals surface area (Å²) in [5, 5.41) is 3.26. The average Bonchev–Trinajstić information content (AvgIpc) is 2.90. The van der Waals surface area contributed by atoms with Gasteiger partial charge in [0.15, 0.2) is 0 Å². The molecule has 20 heavy (non-hydrogen) atoms. The van der Waals surface area contributed by atoms with E-state index in [1.165, 1.54) is 10.1 Å². The summed E-state index contributed by atoms with van der Waals surface area (Å²) >= 11 is 1.70. The third-order valence-electron chi connectivity index (χ3n) is 4.32. The van der Waals surface area contributed by atoms with E-state index in [4.69, 9.17) is 14.0 Å². The first-order chi connectivity index (χ1) is 9.34. The summed E-state index contributed by atoms with van der Waals surface area (Å²) < 4.78 is 18.9. The topological polar surface area (TPSA) is 27.7 Å². The number of hydrogen-bond acceptors (Lipinski definition) is 4. The van der Waals surface area contributed by atoms with E-state index in [1.54, 1.807) is 18.4 Å². The van der Waals surface area contributed by atoms with Crippen molar-refractivity contribution in [3.8, 4) is 5.75 Å². The van der Waals surface area contributed by atoms with Crippen LogP contribution in [0.1, 0.15) is 27.7 Å². The Kier molecular flexibility index (Phi) is 3.12. The summed E-state index contributed by atoms with van der Waals surface area (Å²) in [6.45, 7) is 8.27. The Balaban J connectivity index is 2.09. The second kappa shape index (κ2) is 4.48. The zero-order chi connectivity index (χ0) is 14.5. The van der Waals surface area contributed by atoms with Crippen LogP contribution in [0.2, 0.25) is 0 Å². The number of benzene rings is 1. The number of hydrogen-bond donors (Lipinski definition) is 0. The van der Waals surface area contributed by atoms with Crippen molar-refractivity contribution < 1.29 is 14.0 Å². The van der Waals surface area contributed by atoms with Gasteiger partial charge in [-0.25, -0.2) is 0 Å². The lowest BCUT2D eigenvalue weighted by Crippen LogP contribution is -2.41. The zero-order valence-corrected chi connectivity index (χ0v) is 13.3. The summed E-state index contributed by atoms with van der Waals surface area (Å²) in [5.74, 6) is 0.838. The molecule has 0 amide bonds. The molecule has 3 rings (SSSR count). The Hall–Kier alpha value is -1.04. The lowest BCUT2D eigenvalue weighted by Gasteiger charge is -2.32. The fourth-order valence-electron chi connectivity index (χ4n) is 2.36. The fourth-order valence-corrected chi connectivity index (χ4v) is 3.20. The standard InChI is InChI=1S/C15H19BO3S/c1-14(2)15(3,4)19-16(18-14)12-8-10(17-5)9-13-11(12)6-7-20-13/h6-9H,1-5H3. The Bertz CT molecular complexity index is 632. The van der Waals surface area contributed by atoms with Crippen LogP contribution < -0.4 is 10.2 Å². The predicted molar refractivity (Wildman–Crippen MR) is 84.1 cm³/mol. The Labute approximate surface area is 124 Å². The Morgan fingerprint density at radius 2 is 1.75 bits per heavy atom. The van der Waals surface area contributed by atoms with Gasteiger partial charge in [0, 0.05) is 4.70 Å². The van der Waals surface area contributed by atoms with Crippen molar-refractivity contribution in [3.63, 3.8) is 0 Å². The molecule has 0 spiro atoms. The van der Waals surface area contributed by atoms with Gasteiger partial charge in [-0.05, 0) is 62.1 Å². The van der Waals surface area contributed by atoms with E-state index >= 15 is 0 Å². The molecule has 1 aromatic carbocycles. The molecule has 1 aliphatic heterocycles. The molecule has 0 unspecified atom stereocenters. The molecule has 0 radical (unpaired) electrons. The van der Waals surface area contributed by atoms with Crippen LogP contribution in [0.4, 0.5) is 0 Å². The van der Waals surface area contributed by atoms with Crippen LogP contribution in [0.15, 0.2) is 23.6 Å². The number of methoxy groups -OCH3 is 1. The van der Waals surface area contributed by atoms with Crippen molar-refractivity contribution in [1.82, 2.24) is 0 Å². The minimum atomic E-state index is -0.354. The number of thiophene rings is 1. The first kappa shape index (κ1) is 13.9. The molecule has 0 bridgehead atoms. The highest BCUT2D eigenvalue weighted by molar-refractivity contribution is 7.17. The van der Waals surface area contributed by atoms with Crippen molar-refractivity contribution in [1.29, 1.82) is 0 Å². The van der Waals surface area contributed by atoms with Gasteiger partial charge in [-0.3, -0.25) is 0 Å². The fraction of sp³-hybridized carbons (Fsp3) is 0.467. The minimum absolute atomic E-state index is 0.330. The van der Waals surface area contributed by atoms with Crippen molar-refractivity contribution in [3.05, 3.63) is 23.6 Å². The second-order valence-corrected chi connectivity index (χ2v) is 7.08. The molecule has 0 atom stereocenters. The van der Waals surface area contributed by atoms with Crippen LogP contribution in [-0.2, 0) is 9.31 Å². The van der Waals surface area contributed by atoms with E-state index in [2.05, 4.69) is 45.2 Å². The number of fused-ring (bicyclic) bond motifs is 1. The highest BCUT2D eigenvalue weighted by atomic mass is 32.1. The summed E-state index contributed by atoms with van der Waals surface area (Å²) in [5.41, 5.74) is 0.380. The van der Waals surface area contributed by atoms with Crippen LogP contribution in [0.3, 0.4) is 0 Å². The van der Waals surface area contributed by atoms with Gasteiger partial charge < -0.3 is 14.0 Å². The van der Waals surface area contributed by atoms with Gasteiger partial charge in [-0.15, -0.1) is 11.3 Å². The lowest BCUT2D eigenvalue weighted by atomic mass is 9.77. The summed E-state index contributed by atoms with van der Waals surface area (Å²) in [6.07, 6.45) is 0. The van der Waals surface area contributed by atoms with Crippen molar-refractivity contribution in [2.24, 2.45) is 0 Å². The van der Waals surface area contributed by atoms with Gasteiger partial charge in [0.05, 0.1) is 18.3 Å². The SMILES string of the molecule is COc1cc(B2OC(C)(C)C(C)(C)O2)c2ccsc2c1. The maximum absolute atomic E-state index is 6.15. The van der Waals surface area contributed by atoms with Gasteiger partial charge in [-0.2, -0.15) is 0 Å². The van der Waals surface area contributed by atoms with Gasteiger partial charge >= 0.3 is 7.12 Å². The lowest BCUT2D eigenvalue weighted by molar-refractivity contribution is 0.00578. The van der Waals surface area contributed by atoms with Crippen LogP contribution in [0.25, 0.3) is 10.1 Å². The van der Waals surface area contributed by atoms with Gasteiger partial charge in [0.25, 0.3) is 0 Å². The molecule has 5 heteroatoms. The van der Waals surface area contributed by atoms with E-state index in [0.29, 0.717) is 0 Å². The highest BCUT2D eigenvalue weighted by Crippen LogP contribution is 2.37. The second-order valence-electron chi connectivity index (χ2n) is 6.14. The Morgan fingerprint density at radius 3 is 2.35 bits per heavy atom. The quantitative estimate of drug-likeness (QED) is 0.795. The molecule has 0 saturated carbocycles. The first-order valence-corrected chi connectivity index (χ1v) is 7.63. The molecule has 1 saturated heterocycles. The normalized spacial score (nSPS) is 20.6. The maximum Gasteiger partial charge on any atom is 0.495 e. The number of rotatable bonds is 2. The van der Waals surface area contributed by atoms with Crippen molar-refractivity contribution in [2.45, 2.75) is 38.9 Å². The summed E-state index contributed by atoms with van der Waals surface area (Å²) in [6, 6.07) is 6.17. The molecular weight excluding hydrogens is 271 g/mol. The molecule has 0 N–H and O–H groups in total. The summed E-state index contributed by atoms with van der Waals surface area (Å²) in [4.78, 5) is 0. The molecule has 0 aliphatic carbocycles. The molecular formula is C15H19BO3S. The molecule has 1 aliphatic rings. The molecule has 2 heterocycles. The predicted octanol–water partition coefficient (Wildman–Crippen LogP) is 3.21. The zero-order valence-electron chi connectivity index (χ0n) is 12.5. The number of ether oxygens (including phenoxy) is 1. The molecule has 106 valence electrons. The van der Waals surface area contributed by atoms with E-state index in [9.17, 15) is 0 Å². The largest absolute Gasteiger partial charge is 0.497 e. The van der Waals surface area contributed by atoms with Crippen molar-refractivity contribution >= 4 is 34.0 Å². The van der Waals surface area contributed by atoms with E-state index in [1.807, 2.05) is 6.07 Å². The smallest absolute Gasteiger partial charge is 0.495 e. The molecule has 1 aromatic heterocycles. The van der Waals surface area contributed by atoms with Crippen LogP contribution in [-0.4, -0.2) is 25.4 Å². The van der Waals surface area contributed by atoms with Gasteiger partial charge in [0.1, 0.15) is 5.75 Å². The monoisotopic (exact) mass is 290 g/mol. The highest BCUT2D eigenvalue weighted by Gasteiger charge is 2.52. The third kappa shape index (κ3) is 2.05. The first-order valence-electron chi connectivity index (χ1n) is 6.75. The molecule has 1 fully saturated rings. The van der Waals surface area contributed by atoms with Gasteiger partial charge in [0.2, 0.25) is 0 Å². The van der Waals surface area contributed by atoms with Gasteiger partial charge in [-0.1, -0.05) is 0 Å². The Morgan fingerprint density at radius 1 is 1.10 bits per heavy atom. The van der Waals surface area contributed by atoms with Crippen LogP contribution in [0, 0.1) is 0 Å².